The Hall–Kier alpha value is -3.69. The van der Waals surface area contributed by atoms with E-state index in [0.717, 1.165) is 0 Å². The van der Waals surface area contributed by atoms with Gasteiger partial charge in [-0.25, -0.2) is 0 Å². The van der Waals surface area contributed by atoms with Gasteiger partial charge in [0.2, 0.25) is 5.91 Å². The van der Waals surface area contributed by atoms with Crippen LogP contribution in [0.5, 0.6) is 0 Å². The summed E-state index contributed by atoms with van der Waals surface area (Å²) in [6.45, 7) is 0.369. The summed E-state index contributed by atoms with van der Waals surface area (Å²) in [6, 6.07) is 38.2. The predicted octanol–water partition coefficient (Wildman–Crippen LogP) is 5.54. The van der Waals surface area contributed by atoms with E-state index < -0.39 is 0 Å². The first-order chi connectivity index (χ1) is 15.7. The van der Waals surface area contributed by atoms with Gasteiger partial charge in [0, 0.05) is 13.0 Å². The molecule has 1 heterocycles. The quantitative estimate of drug-likeness (QED) is 0.461. The van der Waals surface area contributed by atoms with Gasteiger partial charge >= 0.3 is 0 Å². The van der Waals surface area contributed by atoms with Gasteiger partial charge in [0.1, 0.15) is 0 Å². The van der Waals surface area contributed by atoms with Gasteiger partial charge < -0.3 is 4.90 Å². The van der Waals surface area contributed by atoms with E-state index >= 15 is 0 Å². The average molecular weight is 419 g/mol. The second-order valence-electron chi connectivity index (χ2n) is 8.29. The van der Waals surface area contributed by atoms with E-state index in [4.69, 9.17) is 0 Å². The van der Waals surface area contributed by atoms with E-state index in [1.165, 1.54) is 33.4 Å². The largest absolute Gasteiger partial charge is 0.328 e. The number of rotatable bonds is 5. The van der Waals surface area contributed by atoms with E-state index in [-0.39, 0.29) is 18.0 Å². The minimum atomic E-state index is -0.0976. The van der Waals surface area contributed by atoms with Crippen molar-refractivity contribution >= 4 is 5.91 Å². The molecular formula is C29H26N2O. The van der Waals surface area contributed by atoms with Crippen LogP contribution in [0.3, 0.4) is 0 Å². The number of nitrogens with zero attached hydrogens (tertiary/aromatic N) is 1. The Morgan fingerprint density at radius 2 is 1.16 bits per heavy atom. The summed E-state index contributed by atoms with van der Waals surface area (Å²) in [5, 5.41) is 3.45. The molecule has 5 rings (SSSR count). The molecule has 0 spiro atoms. The summed E-state index contributed by atoms with van der Waals surface area (Å²) in [6.07, 6.45) is -0.0976. The highest BCUT2D eigenvalue weighted by atomic mass is 16.2. The third kappa shape index (κ3) is 3.95. The molecule has 0 radical (unpaired) electrons. The molecule has 3 nitrogen and oxygen atoms in total. The van der Waals surface area contributed by atoms with Gasteiger partial charge in [-0.2, -0.15) is 0 Å². The lowest BCUT2D eigenvalue weighted by Crippen LogP contribution is -2.40. The molecule has 0 saturated carbocycles. The lowest BCUT2D eigenvalue weighted by Gasteiger charge is -2.30. The molecule has 4 aromatic carbocycles. The second-order valence-corrected chi connectivity index (χ2v) is 8.29. The van der Waals surface area contributed by atoms with Crippen LogP contribution in [0.4, 0.5) is 0 Å². The Bertz CT molecular complexity index is 1140. The van der Waals surface area contributed by atoms with Crippen molar-refractivity contribution in [2.75, 3.05) is 13.6 Å². The van der Waals surface area contributed by atoms with Crippen LogP contribution >= 0.6 is 0 Å². The molecule has 0 aliphatic carbocycles. The first kappa shape index (κ1) is 20.2. The first-order valence-corrected chi connectivity index (χ1v) is 11.0. The monoisotopic (exact) mass is 418 g/mol. The van der Waals surface area contributed by atoms with E-state index in [1.54, 1.807) is 0 Å². The van der Waals surface area contributed by atoms with Crippen molar-refractivity contribution in [3.63, 3.8) is 0 Å². The Morgan fingerprint density at radius 1 is 0.688 bits per heavy atom. The zero-order valence-electron chi connectivity index (χ0n) is 18.1. The van der Waals surface area contributed by atoms with Crippen molar-refractivity contribution in [3.05, 3.63) is 120 Å². The van der Waals surface area contributed by atoms with Crippen LogP contribution in [-0.4, -0.2) is 30.6 Å². The minimum Gasteiger partial charge on any atom is -0.328 e. The molecule has 1 saturated heterocycles. The summed E-state index contributed by atoms with van der Waals surface area (Å²) in [7, 11) is 1.89. The fourth-order valence-corrected chi connectivity index (χ4v) is 4.59. The van der Waals surface area contributed by atoms with Crippen molar-refractivity contribution in [2.45, 2.75) is 12.1 Å². The smallest absolute Gasteiger partial charge is 0.237 e. The predicted molar refractivity (Wildman–Crippen MR) is 130 cm³/mol. The second kappa shape index (κ2) is 8.81. The van der Waals surface area contributed by atoms with Gasteiger partial charge in [-0.3, -0.25) is 10.1 Å². The summed E-state index contributed by atoms with van der Waals surface area (Å²) in [4.78, 5) is 14.2. The van der Waals surface area contributed by atoms with E-state index in [2.05, 4.69) is 102 Å². The lowest BCUT2D eigenvalue weighted by molar-refractivity contribution is -0.126. The van der Waals surface area contributed by atoms with Crippen LogP contribution < -0.4 is 5.32 Å². The SMILES string of the molecule is CN1C(=O)CN[C@H]1C(c1cccc(-c2ccccc2)c1)c1cccc(-c2ccccc2)c1. The van der Waals surface area contributed by atoms with E-state index in [0.29, 0.717) is 6.54 Å². The Balaban J connectivity index is 1.61. The highest BCUT2D eigenvalue weighted by Gasteiger charge is 2.35. The van der Waals surface area contributed by atoms with Gasteiger partial charge in [0.15, 0.2) is 0 Å². The van der Waals surface area contributed by atoms with Crippen LogP contribution in [-0.2, 0) is 4.79 Å². The Morgan fingerprint density at radius 3 is 1.59 bits per heavy atom. The van der Waals surface area contributed by atoms with Crippen LogP contribution in [0, 0.1) is 0 Å². The average Bonchev–Trinajstić information content (AvgIpc) is 3.19. The van der Waals surface area contributed by atoms with Gasteiger partial charge in [-0.1, -0.05) is 109 Å². The molecule has 0 bridgehead atoms. The third-order valence-corrected chi connectivity index (χ3v) is 6.29. The van der Waals surface area contributed by atoms with Crippen molar-refractivity contribution in [2.24, 2.45) is 0 Å². The highest BCUT2D eigenvalue weighted by molar-refractivity contribution is 5.80. The Labute approximate surface area is 189 Å². The topological polar surface area (TPSA) is 32.3 Å². The van der Waals surface area contributed by atoms with Crippen molar-refractivity contribution in [1.29, 1.82) is 0 Å². The number of carbonyl (C=O) groups excluding carboxylic acids is 1. The maximum absolute atomic E-state index is 12.4. The molecule has 158 valence electrons. The fourth-order valence-electron chi connectivity index (χ4n) is 4.59. The van der Waals surface area contributed by atoms with Gasteiger partial charge in [-0.15, -0.1) is 0 Å². The third-order valence-electron chi connectivity index (χ3n) is 6.29. The molecular weight excluding hydrogens is 392 g/mol. The van der Waals surface area contributed by atoms with Crippen LogP contribution in [0.2, 0.25) is 0 Å². The zero-order valence-corrected chi connectivity index (χ0v) is 18.1. The van der Waals surface area contributed by atoms with Crippen LogP contribution in [0.15, 0.2) is 109 Å². The van der Waals surface area contributed by atoms with E-state index in [9.17, 15) is 4.79 Å². The fraction of sp³-hybridized carbons (Fsp3) is 0.138. The summed E-state index contributed by atoms with van der Waals surface area (Å²) >= 11 is 0. The first-order valence-electron chi connectivity index (χ1n) is 11.0. The number of benzene rings is 4. The van der Waals surface area contributed by atoms with Gasteiger partial charge in [0.05, 0.1) is 12.7 Å². The lowest BCUT2D eigenvalue weighted by atomic mass is 9.85. The number of likely N-dealkylation sites (N-methyl/N-ethyl adjacent to an activating group) is 1. The molecule has 32 heavy (non-hydrogen) atoms. The van der Waals surface area contributed by atoms with Gasteiger partial charge in [0.25, 0.3) is 0 Å². The molecule has 0 unspecified atom stereocenters. The molecule has 4 aromatic rings. The maximum Gasteiger partial charge on any atom is 0.237 e. The van der Waals surface area contributed by atoms with Crippen molar-refractivity contribution in [3.8, 4) is 22.3 Å². The van der Waals surface area contributed by atoms with Crippen LogP contribution in [0.25, 0.3) is 22.3 Å². The molecule has 0 aromatic heterocycles. The van der Waals surface area contributed by atoms with Crippen molar-refractivity contribution < 1.29 is 4.79 Å². The molecule has 1 amide bonds. The van der Waals surface area contributed by atoms with Crippen molar-refractivity contribution in [1.82, 2.24) is 10.2 Å². The molecule has 1 aliphatic rings. The number of nitrogens with one attached hydrogen (secondary N) is 1. The minimum absolute atomic E-state index is 0.0128. The number of carbonyl (C=O) groups is 1. The molecule has 1 fully saturated rings. The summed E-state index contributed by atoms with van der Waals surface area (Å²) in [5.74, 6) is 0.136. The molecule has 1 N–H and O–H groups in total. The molecule has 3 heteroatoms. The zero-order chi connectivity index (χ0) is 21.9. The standard InChI is InChI=1S/C29H26N2O/c1-31-27(32)20-30-29(31)28(25-16-8-14-23(18-25)21-10-4-2-5-11-21)26-17-9-15-24(19-26)22-12-6-3-7-13-22/h2-19,28-30H,20H2,1H3/t29-/m1/s1. The maximum atomic E-state index is 12.4. The Kier molecular flexibility index (Phi) is 5.57. The van der Waals surface area contributed by atoms with E-state index in [1.807, 2.05) is 24.1 Å². The highest BCUT2D eigenvalue weighted by Crippen LogP contribution is 2.35. The number of amides is 1. The molecule has 1 aliphatic heterocycles. The molecule has 1 atom stereocenters. The summed E-state index contributed by atoms with van der Waals surface area (Å²) in [5.41, 5.74) is 7.12. The van der Waals surface area contributed by atoms with Crippen LogP contribution in [0.1, 0.15) is 17.0 Å². The van der Waals surface area contributed by atoms with Gasteiger partial charge in [-0.05, 0) is 33.4 Å². The summed E-state index contributed by atoms with van der Waals surface area (Å²) < 4.78 is 0. The number of hydrogen-bond acceptors (Lipinski definition) is 2. The number of hydrogen-bond donors (Lipinski definition) is 1. The normalized spacial score (nSPS) is 16.0.